The standard InChI is InChI=1S/C10H17NO/c1(7-11-9-5-6-9)3-10-4-2-8-12-10/h1,3,9-11H,2,4-8H2/b3-1+. The van der Waals surface area contributed by atoms with Crippen molar-refractivity contribution < 1.29 is 4.74 Å². The maximum Gasteiger partial charge on any atom is 0.0757 e. The Morgan fingerprint density at radius 1 is 1.33 bits per heavy atom. The molecule has 2 aliphatic rings. The quantitative estimate of drug-likeness (QED) is 0.640. The molecule has 2 fully saturated rings. The van der Waals surface area contributed by atoms with E-state index in [-0.39, 0.29) is 0 Å². The van der Waals surface area contributed by atoms with Gasteiger partial charge in [0.2, 0.25) is 0 Å². The Morgan fingerprint density at radius 3 is 2.92 bits per heavy atom. The predicted octanol–water partition coefficient (Wildman–Crippen LogP) is 1.47. The van der Waals surface area contributed by atoms with Gasteiger partial charge < -0.3 is 10.1 Å². The SMILES string of the molecule is C(=C\C1CCCO1)/CNC1CC1. The average molecular weight is 167 g/mol. The van der Waals surface area contributed by atoms with Gasteiger partial charge in [0, 0.05) is 19.2 Å². The van der Waals surface area contributed by atoms with Crippen molar-refractivity contribution in [3.63, 3.8) is 0 Å². The van der Waals surface area contributed by atoms with Crippen LogP contribution in [0.2, 0.25) is 0 Å². The number of nitrogens with one attached hydrogen (secondary N) is 1. The molecule has 0 aromatic heterocycles. The van der Waals surface area contributed by atoms with Gasteiger partial charge in [0.15, 0.2) is 0 Å². The van der Waals surface area contributed by atoms with Gasteiger partial charge in [-0.2, -0.15) is 0 Å². The van der Waals surface area contributed by atoms with E-state index in [1.54, 1.807) is 0 Å². The maximum atomic E-state index is 5.46. The third-order valence-electron chi connectivity index (χ3n) is 2.42. The molecule has 1 heterocycles. The molecular formula is C10H17NO. The van der Waals surface area contributed by atoms with E-state index in [1.807, 2.05) is 0 Å². The lowest BCUT2D eigenvalue weighted by Crippen LogP contribution is -2.16. The highest BCUT2D eigenvalue weighted by atomic mass is 16.5. The first-order valence-electron chi connectivity index (χ1n) is 4.97. The van der Waals surface area contributed by atoms with E-state index in [0.717, 1.165) is 19.2 Å². The molecule has 1 unspecified atom stereocenters. The van der Waals surface area contributed by atoms with E-state index >= 15 is 0 Å². The number of hydrogen-bond donors (Lipinski definition) is 1. The Bertz CT molecular complexity index is 157. The first kappa shape index (κ1) is 8.27. The van der Waals surface area contributed by atoms with Crippen molar-refractivity contribution in [1.82, 2.24) is 5.32 Å². The van der Waals surface area contributed by atoms with Crippen LogP contribution in [0.25, 0.3) is 0 Å². The third kappa shape index (κ3) is 2.61. The lowest BCUT2D eigenvalue weighted by atomic mass is 10.2. The van der Waals surface area contributed by atoms with Crippen LogP contribution >= 0.6 is 0 Å². The second kappa shape index (κ2) is 4.06. The minimum Gasteiger partial charge on any atom is -0.374 e. The van der Waals surface area contributed by atoms with Gasteiger partial charge in [-0.05, 0) is 25.7 Å². The molecule has 1 aliphatic heterocycles. The molecule has 0 amide bonds. The lowest BCUT2D eigenvalue weighted by molar-refractivity contribution is 0.145. The van der Waals surface area contributed by atoms with Crippen LogP contribution in [0.5, 0.6) is 0 Å². The molecule has 1 atom stereocenters. The van der Waals surface area contributed by atoms with Crippen LogP contribution in [0.4, 0.5) is 0 Å². The van der Waals surface area contributed by atoms with Crippen LogP contribution in [-0.4, -0.2) is 25.3 Å². The van der Waals surface area contributed by atoms with E-state index in [1.165, 1.54) is 25.7 Å². The van der Waals surface area contributed by atoms with Crippen LogP contribution in [0, 0.1) is 0 Å². The summed E-state index contributed by atoms with van der Waals surface area (Å²) in [6.45, 7) is 1.97. The van der Waals surface area contributed by atoms with E-state index in [4.69, 9.17) is 4.74 Å². The van der Waals surface area contributed by atoms with Crippen molar-refractivity contribution in [2.24, 2.45) is 0 Å². The predicted molar refractivity (Wildman–Crippen MR) is 49.1 cm³/mol. The molecular weight excluding hydrogens is 150 g/mol. The maximum absolute atomic E-state index is 5.46. The molecule has 2 heteroatoms. The summed E-state index contributed by atoms with van der Waals surface area (Å²) in [4.78, 5) is 0. The van der Waals surface area contributed by atoms with Gasteiger partial charge >= 0.3 is 0 Å². The molecule has 0 spiro atoms. The fourth-order valence-corrected chi connectivity index (χ4v) is 1.50. The van der Waals surface area contributed by atoms with Gasteiger partial charge in [0.05, 0.1) is 6.10 Å². The smallest absolute Gasteiger partial charge is 0.0757 e. The molecule has 1 saturated heterocycles. The molecule has 68 valence electrons. The van der Waals surface area contributed by atoms with Crippen LogP contribution in [0.3, 0.4) is 0 Å². The highest BCUT2D eigenvalue weighted by Gasteiger charge is 2.19. The third-order valence-corrected chi connectivity index (χ3v) is 2.42. The van der Waals surface area contributed by atoms with Gasteiger partial charge in [-0.25, -0.2) is 0 Å². The summed E-state index contributed by atoms with van der Waals surface area (Å²) >= 11 is 0. The molecule has 1 N–H and O–H groups in total. The normalized spacial score (nSPS) is 30.2. The first-order valence-corrected chi connectivity index (χ1v) is 4.97. The van der Waals surface area contributed by atoms with E-state index in [9.17, 15) is 0 Å². The van der Waals surface area contributed by atoms with Crippen molar-refractivity contribution in [2.75, 3.05) is 13.2 Å². The van der Waals surface area contributed by atoms with E-state index < -0.39 is 0 Å². The zero-order chi connectivity index (χ0) is 8.23. The minimum absolute atomic E-state index is 0.408. The number of rotatable bonds is 4. The van der Waals surface area contributed by atoms with Gasteiger partial charge in [-0.1, -0.05) is 12.2 Å². The summed E-state index contributed by atoms with van der Waals surface area (Å²) < 4.78 is 5.46. The second-order valence-corrected chi connectivity index (χ2v) is 3.66. The fourth-order valence-electron chi connectivity index (χ4n) is 1.50. The van der Waals surface area contributed by atoms with E-state index in [0.29, 0.717) is 6.10 Å². The fraction of sp³-hybridized carbons (Fsp3) is 0.800. The van der Waals surface area contributed by atoms with Crippen molar-refractivity contribution in [1.29, 1.82) is 0 Å². The number of ether oxygens (including phenoxy) is 1. The molecule has 0 radical (unpaired) electrons. The monoisotopic (exact) mass is 167 g/mol. The summed E-state index contributed by atoms with van der Waals surface area (Å²) in [7, 11) is 0. The Balaban J connectivity index is 1.56. The largest absolute Gasteiger partial charge is 0.374 e. The molecule has 2 nitrogen and oxygen atoms in total. The minimum atomic E-state index is 0.408. The van der Waals surface area contributed by atoms with E-state index in [2.05, 4.69) is 17.5 Å². The first-order chi connectivity index (χ1) is 5.95. The summed E-state index contributed by atoms with van der Waals surface area (Å²) in [6.07, 6.45) is 9.98. The van der Waals surface area contributed by atoms with Crippen LogP contribution in [-0.2, 0) is 4.74 Å². The Morgan fingerprint density at radius 2 is 2.25 bits per heavy atom. The van der Waals surface area contributed by atoms with Gasteiger partial charge in [-0.3, -0.25) is 0 Å². The summed E-state index contributed by atoms with van der Waals surface area (Å²) in [5.74, 6) is 0. The zero-order valence-corrected chi connectivity index (χ0v) is 7.46. The van der Waals surface area contributed by atoms with Crippen LogP contribution in [0.15, 0.2) is 12.2 Å². The van der Waals surface area contributed by atoms with Crippen molar-refractivity contribution >= 4 is 0 Å². The average Bonchev–Trinajstić information content (AvgIpc) is 2.76. The number of hydrogen-bond acceptors (Lipinski definition) is 2. The zero-order valence-electron chi connectivity index (χ0n) is 7.46. The van der Waals surface area contributed by atoms with Crippen LogP contribution < -0.4 is 5.32 Å². The Labute approximate surface area is 74.0 Å². The highest BCUT2D eigenvalue weighted by molar-refractivity contribution is 4.94. The molecule has 0 aromatic carbocycles. The molecule has 0 bridgehead atoms. The van der Waals surface area contributed by atoms with Crippen molar-refractivity contribution in [3.8, 4) is 0 Å². The molecule has 2 rings (SSSR count). The van der Waals surface area contributed by atoms with Gasteiger partial charge in [0.1, 0.15) is 0 Å². The molecule has 1 saturated carbocycles. The van der Waals surface area contributed by atoms with Gasteiger partial charge in [-0.15, -0.1) is 0 Å². The van der Waals surface area contributed by atoms with Crippen LogP contribution in [0.1, 0.15) is 25.7 Å². The summed E-state index contributed by atoms with van der Waals surface area (Å²) in [5.41, 5.74) is 0. The highest BCUT2D eigenvalue weighted by Crippen LogP contribution is 2.18. The Hall–Kier alpha value is -0.340. The molecule has 12 heavy (non-hydrogen) atoms. The molecule has 1 aliphatic carbocycles. The second-order valence-electron chi connectivity index (χ2n) is 3.66. The Kier molecular flexibility index (Phi) is 2.79. The lowest BCUT2D eigenvalue weighted by Gasteiger charge is -2.01. The molecule has 0 aromatic rings. The van der Waals surface area contributed by atoms with Crippen molar-refractivity contribution in [2.45, 2.75) is 37.8 Å². The van der Waals surface area contributed by atoms with Crippen molar-refractivity contribution in [3.05, 3.63) is 12.2 Å². The topological polar surface area (TPSA) is 21.3 Å². The van der Waals surface area contributed by atoms with Gasteiger partial charge in [0.25, 0.3) is 0 Å². The summed E-state index contributed by atoms with van der Waals surface area (Å²) in [5, 5.41) is 3.44. The summed E-state index contributed by atoms with van der Waals surface area (Å²) in [6, 6.07) is 0.819.